The number of unbranched alkanes of at least 4 members (excludes halogenated alkanes) is 2. The molecule has 0 radical (unpaired) electrons. The predicted molar refractivity (Wildman–Crippen MR) is 91.2 cm³/mol. The van der Waals surface area contributed by atoms with Crippen LogP contribution in [0.15, 0.2) is 0 Å². The largest absolute Gasteiger partial charge is 0.378 e. The van der Waals surface area contributed by atoms with Crippen LogP contribution in [0.25, 0.3) is 0 Å². The fourth-order valence-electron chi connectivity index (χ4n) is 2.66. The topological polar surface area (TPSA) is 36.9 Å². The summed E-state index contributed by atoms with van der Waals surface area (Å²) in [4.78, 5) is 0. The third-order valence-corrected chi connectivity index (χ3v) is 3.62. The van der Waals surface area contributed by atoms with Gasteiger partial charge in [0.25, 0.3) is 0 Å². The quantitative estimate of drug-likeness (QED) is 0.309. The Hall–Kier alpha value is -0.160. The molecular formula is C18H38O4. The molecule has 0 aliphatic carbocycles. The standard InChI is InChI=1S/C18H38O4/c1-6-11-12-13-16(19-7-2)14-17(20-8-3)15-18(21-9-4)22-10-5/h16-18H,6-15H2,1-5H3. The van der Waals surface area contributed by atoms with Crippen LogP contribution in [-0.2, 0) is 18.9 Å². The van der Waals surface area contributed by atoms with E-state index in [1.165, 1.54) is 19.3 Å². The van der Waals surface area contributed by atoms with E-state index in [1.54, 1.807) is 0 Å². The summed E-state index contributed by atoms with van der Waals surface area (Å²) in [5.41, 5.74) is 0. The lowest BCUT2D eigenvalue weighted by Crippen LogP contribution is -2.30. The zero-order chi connectivity index (χ0) is 16.6. The molecule has 0 aliphatic heterocycles. The van der Waals surface area contributed by atoms with Crippen LogP contribution in [0.2, 0.25) is 0 Å². The lowest BCUT2D eigenvalue weighted by atomic mass is 10.0. The van der Waals surface area contributed by atoms with Crippen LogP contribution >= 0.6 is 0 Å². The second-order valence-electron chi connectivity index (χ2n) is 5.46. The minimum absolute atomic E-state index is 0.131. The Balaban J connectivity index is 4.45. The Morgan fingerprint density at radius 3 is 1.64 bits per heavy atom. The SMILES string of the molecule is CCCCCC(CC(CC(OCC)OCC)OCC)OCC. The Morgan fingerprint density at radius 2 is 1.14 bits per heavy atom. The van der Waals surface area contributed by atoms with Gasteiger partial charge < -0.3 is 18.9 Å². The van der Waals surface area contributed by atoms with Gasteiger partial charge in [-0.15, -0.1) is 0 Å². The minimum atomic E-state index is -0.176. The van der Waals surface area contributed by atoms with Gasteiger partial charge >= 0.3 is 0 Å². The first kappa shape index (κ1) is 21.8. The van der Waals surface area contributed by atoms with E-state index in [-0.39, 0.29) is 18.5 Å². The third kappa shape index (κ3) is 11.4. The van der Waals surface area contributed by atoms with Gasteiger partial charge in [-0.1, -0.05) is 26.2 Å². The summed E-state index contributed by atoms with van der Waals surface area (Å²) in [6.07, 6.45) is 6.76. The predicted octanol–water partition coefficient (Wildman–Crippen LogP) is 4.56. The molecule has 4 nitrogen and oxygen atoms in total. The maximum absolute atomic E-state index is 5.91. The summed E-state index contributed by atoms with van der Waals surface area (Å²) in [5, 5.41) is 0. The van der Waals surface area contributed by atoms with Crippen molar-refractivity contribution in [3.05, 3.63) is 0 Å². The van der Waals surface area contributed by atoms with E-state index < -0.39 is 0 Å². The summed E-state index contributed by atoms with van der Waals surface area (Å²) in [6, 6.07) is 0. The van der Waals surface area contributed by atoms with Gasteiger partial charge in [0.1, 0.15) is 0 Å². The highest BCUT2D eigenvalue weighted by Gasteiger charge is 2.21. The number of hydrogen-bond donors (Lipinski definition) is 0. The average molecular weight is 318 g/mol. The van der Waals surface area contributed by atoms with Crippen molar-refractivity contribution in [1.29, 1.82) is 0 Å². The van der Waals surface area contributed by atoms with Crippen molar-refractivity contribution in [2.75, 3.05) is 26.4 Å². The Bertz CT molecular complexity index is 217. The van der Waals surface area contributed by atoms with Crippen LogP contribution in [0.1, 0.15) is 73.1 Å². The highest BCUT2D eigenvalue weighted by atomic mass is 16.7. The highest BCUT2D eigenvalue weighted by molar-refractivity contribution is 4.69. The van der Waals surface area contributed by atoms with Gasteiger partial charge in [-0.3, -0.25) is 0 Å². The molecule has 0 saturated heterocycles. The first-order valence-electron chi connectivity index (χ1n) is 9.17. The van der Waals surface area contributed by atoms with E-state index in [0.717, 1.165) is 25.9 Å². The van der Waals surface area contributed by atoms with Crippen LogP contribution in [0, 0.1) is 0 Å². The lowest BCUT2D eigenvalue weighted by Gasteiger charge is -2.27. The molecule has 0 bridgehead atoms. The van der Waals surface area contributed by atoms with Crippen molar-refractivity contribution in [1.82, 2.24) is 0 Å². The van der Waals surface area contributed by atoms with E-state index >= 15 is 0 Å². The van der Waals surface area contributed by atoms with Crippen LogP contribution < -0.4 is 0 Å². The molecular weight excluding hydrogens is 280 g/mol. The van der Waals surface area contributed by atoms with Crippen molar-refractivity contribution in [2.45, 2.75) is 91.6 Å². The fourth-order valence-corrected chi connectivity index (χ4v) is 2.66. The Labute approximate surface area is 137 Å². The normalized spacial score (nSPS) is 14.5. The molecule has 0 aromatic heterocycles. The van der Waals surface area contributed by atoms with Gasteiger partial charge in [0.2, 0.25) is 0 Å². The molecule has 134 valence electrons. The first-order valence-corrected chi connectivity index (χ1v) is 9.17. The Kier molecular flexibility index (Phi) is 15.6. The monoisotopic (exact) mass is 318 g/mol. The maximum atomic E-state index is 5.91. The minimum Gasteiger partial charge on any atom is -0.378 e. The van der Waals surface area contributed by atoms with Crippen molar-refractivity contribution >= 4 is 0 Å². The second-order valence-corrected chi connectivity index (χ2v) is 5.46. The van der Waals surface area contributed by atoms with Crippen LogP contribution in [0.5, 0.6) is 0 Å². The summed E-state index contributed by atoms with van der Waals surface area (Å²) in [5.74, 6) is 0. The molecule has 2 atom stereocenters. The van der Waals surface area contributed by atoms with E-state index in [2.05, 4.69) is 13.8 Å². The zero-order valence-corrected chi connectivity index (χ0v) is 15.4. The summed E-state index contributed by atoms with van der Waals surface area (Å²) in [6.45, 7) is 13.1. The number of ether oxygens (including phenoxy) is 4. The summed E-state index contributed by atoms with van der Waals surface area (Å²) >= 11 is 0. The van der Waals surface area contributed by atoms with Crippen LogP contribution in [0.3, 0.4) is 0 Å². The van der Waals surface area contributed by atoms with E-state index in [1.807, 2.05) is 20.8 Å². The van der Waals surface area contributed by atoms with Gasteiger partial charge in [-0.2, -0.15) is 0 Å². The maximum Gasteiger partial charge on any atom is 0.160 e. The molecule has 0 N–H and O–H groups in total. The molecule has 0 aromatic rings. The van der Waals surface area contributed by atoms with Gasteiger partial charge in [0.15, 0.2) is 6.29 Å². The van der Waals surface area contributed by atoms with Crippen molar-refractivity contribution in [2.24, 2.45) is 0 Å². The molecule has 0 heterocycles. The van der Waals surface area contributed by atoms with E-state index in [4.69, 9.17) is 18.9 Å². The zero-order valence-electron chi connectivity index (χ0n) is 15.4. The van der Waals surface area contributed by atoms with Crippen molar-refractivity contribution in [3.8, 4) is 0 Å². The highest BCUT2D eigenvalue weighted by Crippen LogP contribution is 2.19. The molecule has 0 aromatic carbocycles. The van der Waals surface area contributed by atoms with Gasteiger partial charge in [-0.25, -0.2) is 0 Å². The molecule has 22 heavy (non-hydrogen) atoms. The van der Waals surface area contributed by atoms with Crippen LogP contribution in [-0.4, -0.2) is 44.9 Å². The fraction of sp³-hybridized carbons (Fsp3) is 1.00. The van der Waals surface area contributed by atoms with Crippen molar-refractivity contribution in [3.63, 3.8) is 0 Å². The molecule has 0 spiro atoms. The summed E-state index contributed by atoms with van der Waals surface area (Å²) in [7, 11) is 0. The molecule has 4 heteroatoms. The van der Waals surface area contributed by atoms with Gasteiger partial charge in [0.05, 0.1) is 12.2 Å². The Morgan fingerprint density at radius 1 is 0.591 bits per heavy atom. The second kappa shape index (κ2) is 15.7. The molecule has 0 rings (SSSR count). The van der Waals surface area contributed by atoms with E-state index in [9.17, 15) is 0 Å². The van der Waals surface area contributed by atoms with Crippen LogP contribution in [0.4, 0.5) is 0 Å². The third-order valence-electron chi connectivity index (χ3n) is 3.62. The molecule has 0 saturated carbocycles. The molecule has 0 aliphatic rings. The lowest BCUT2D eigenvalue weighted by molar-refractivity contribution is -0.161. The van der Waals surface area contributed by atoms with Gasteiger partial charge in [-0.05, 0) is 40.5 Å². The van der Waals surface area contributed by atoms with Gasteiger partial charge in [0, 0.05) is 32.8 Å². The van der Waals surface area contributed by atoms with Crippen molar-refractivity contribution < 1.29 is 18.9 Å². The molecule has 0 amide bonds. The molecule has 0 fully saturated rings. The van der Waals surface area contributed by atoms with E-state index in [0.29, 0.717) is 19.8 Å². The molecule has 2 unspecified atom stereocenters. The first-order chi connectivity index (χ1) is 10.7. The average Bonchev–Trinajstić information content (AvgIpc) is 2.48. The summed E-state index contributed by atoms with van der Waals surface area (Å²) < 4.78 is 23.1. The smallest absolute Gasteiger partial charge is 0.160 e. The number of hydrogen-bond acceptors (Lipinski definition) is 4. The number of rotatable bonds is 16.